The van der Waals surface area contributed by atoms with Crippen molar-refractivity contribution in [3.63, 3.8) is 0 Å². The molecule has 0 N–H and O–H groups in total. The SMILES string of the molecule is CC(C)(C)[Si](C)(C)OCCC1[C@H](O[Si](C)(C)C(C)(C)C)CC(=CCP(=O)(c2ccccc2)c2ccccc2)C[C@H]1O[Si](C)(C)C(C)(C)C.C[C@@H](CCCC(C)(C)C)C1CCC2C(=O)CCCC21C. The molecule has 5 rings (SSSR count). The van der Waals surface area contributed by atoms with Crippen molar-refractivity contribution in [3.8, 4) is 0 Å². The van der Waals surface area contributed by atoms with Crippen LogP contribution in [0.5, 0.6) is 0 Å². The monoisotopic (exact) mass is 1010 g/mol. The first-order chi connectivity index (χ1) is 31.0. The molecule has 0 heterocycles. The van der Waals surface area contributed by atoms with Gasteiger partial charge >= 0.3 is 0 Å². The van der Waals surface area contributed by atoms with Crippen LogP contribution in [-0.2, 0) is 22.6 Å². The summed E-state index contributed by atoms with van der Waals surface area (Å²) in [6.07, 6.45) is 15.2. The van der Waals surface area contributed by atoms with E-state index in [1.54, 1.807) is 0 Å². The Hall–Kier alpha value is -1.39. The number of Topliss-reactive ketones (excluding diaryl/α,β-unsaturated/α-hetero) is 1. The molecule has 0 bridgehead atoms. The van der Waals surface area contributed by atoms with E-state index in [9.17, 15) is 4.79 Å². The van der Waals surface area contributed by atoms with Crippen molar-refractivity contribution in [1.82, 2.24) is 0 Å². The molecule has 0 amide bonds. The minimum atomic E-state index is -2.89. The van der Waals surface area contributed by atoms with Crippen LogP contribution in [0, 0.1) is 34.5 Å². The van der Waals surface area contributed by atoms with Crippen molar-refractivity contribution in [3.05, 3.63) is 72.3 Å². The molecular formula is C59H103O5PSi3. The molecule has 3 saturated carbocycles. The lowest BCUT2D eigenvalue weighted by Gasteiger charge is -2.49. The first kappa shape index (κ1) is 59.2. The molecule has 3 fully saturated rings. The van der Waals surface area contributed by atoms with Gasteiger partial charge in [0.15, 0.2) is 25.0 Å². The lowest BCUT2D eigenvalue weighted by atomic mass is 9.62. The fourth-order valence-electron chi connectivity index (χ4n) is 10.7. The van der Waals surface area contributed by atoms with Crippen molar-refractivity contribution in [2.75, 3.05) is 12.8 Å². The van der Waals surface area contributed by atoms with Crippen LogP contribution < -0.4 is 10.6 Å². The Morgan fingerprint density at radius 3 is 1.63 bits per heavy atom. The lowest BCUT2D eigenvalue weighted by Crippen LogP contribution is -2.53. The Bertz CT molecular complexity index is 1900. The summed E-state index contributed by atoms with van der Waals surface area (Å²) in [5, 5.41) is 2.15. The molecule has 68 heavy (non-hydrogen) atoms. The summed E-state index contributed by atoms with van der Waals surface area (Å²) in [5.74, 6) is 2.77. The molecule has 6 atom stereocenters. The largest absolute Gasteiger partial charge is 0.417 e. The van der Waals surface area contributed by atoms with Crippen molar-refractivity contribution in [2.24, 2.45) is 34.5 Å². The number of ketones is 1. The standard InChI is InChI=1S/C40H69O4PSi3.C19H34O/c1-38(2,3)46(10,11)42-28-26-35-36(43-47(12,13)39(4,5)6)30-32(31-37(35)44-48(14,15)40(7,8)9)27-29-45(41,33-22-18-16-19-23-33)34-24-20-17-21-25-34;1-14(8-6-12-18(2,3)4)15-10-11-16-17(20)9-7-13-19(15,16)5/h16-25,27,35-37H,26,28-31H2,1-15H3;14-16H,6-13H2,1-5H3/t35?,36-,37-;14-,15?,16?,19?/m10/s1. The molecular weight excluding hydrogens is 904 g/mol. The summed E-state index contributed by atoms with van der Waals surface area (Å²) in [6, 6.07) is 20.1. The molecule has 0 saturated heterocycles. The molecule has 386 valence electrons. The van der Waals surface area contributed by atoms with Gasteiger partial charge in [-0.2, -0.15) is 0 Å². The zero-order chi connectivity index (χ0) is 51.4. The third-order valence-corrected chi connectivity index (χ3v) is 34.8. The van der Waals surface area contributed by atoms with Crippen LogP contribution in [0.15, 0.2) is 72.3 Å². The van der Waals surface area contributed by atoms with Crippen molar-refractivity contribution in [1.29, 1.82) is 0 Å². The van der Waals surface area contributed by atoms with E-state index >= 15 is 4.57 Å². The third kappa shape index (κ3) is 15.1. The minimum Gasteiger partial charge on any atom is -0.417 e. The highest BCUT2D eigenvalue weighted by atomic mass is 31.2. The van der Waals surface area contributed by atoms with E-state index < -0.39 is 32.1 Å². The number of fused-ring (bicyclic) bond motifs is 1. The van der Waals surface area contributed by atoms with Gasteiger partial charge in [-0.1, -0.05) is 182 Å². The number of benzene rings is 2. The third-order valence-electron chi connectivity index (χ3n) is 18.3. The second kappa shape index (κ2) is 22.8. The van der Waals surface area contributed by atoms with Crippen LogP contribution in [0.2, 0.25) is 54.4 Å². The minimum absolute atomic E-state index is 0.0245. The summed E-state index contributed by atoms with van der Waals surface area (Å²) in [6.45, 7) is 47.7. The number of rotatable bonds is 16. The van der Waals surface area contributed by atoms with Gasteiger partial charge in [-0.05, 0) is 128 Å². The molecule has 2 aromatic carbocycles. The molecule has 5 nitrogen and oxygen atoms in total. The van der Waals surface area contributed by atoms with E-state index in [0.717, 1.165) is 61.2 Å². The fourth-order valence-corrected chi connectivity index (χ4v) is 17.1. The number of carbonyl (C=O) groups is 1. The molecule has 3 unspecified atom stereocenters. The fraction of sp³-hybridized carbons (Fsp3) is 0.746. The topological polar surface area (TPSA) is 61.8 Å². The van der Waals surface area contributed by atoms with E-state index in [2.05, 4.69) is 142 Å². The highest BCUT2D eigenvalue weighted by Crippen LogP contribution is 2.57. The van der Waals surface area contributed by atoms with Crippen LogP contribution in [0.4, 0.5) is 0 Å². The van der Waals surface area contributed by atoms with Gasteiger partial charge in [0.2, 0.25) is 0 Å². The molecule has 0 aromatic heterocycles. The van der Waals surface area contributed by atoms with Crippen LogP contribution in [-0.4, -0.2) is 55.7 Å². The van der Waals surface area contributed by atoms with Crippen LogP contribution in [0.3, 0.4) is 0 Å². The maximum absolute atomic E-state index is 15.0. The van der Waals surface area contributed by atoms with Gasteiger partial charge in [0.25, 0.3) is 0 Å². The van der Waals surface area contributed by atoms with Gasteiger partial charge in [-0.3, -0.25) is 4.79 Å². The van der Waals surface area contributed by atoms with Gasteiger partial charge < -0.3 is 17.8 Å². The van der Waals surface area contributed by atoms with Crippen molar-refractivity contribution >= 4 is 48.5 Å². The summed E-state index contributed by atoms with van der Waals surface area (Å²) in [5.41, 5.74) is 2.11. The smallest absolute Gasteiger partial charge is 0.192 e. The normalized spacial score (nSPS) is 25.1. The highest BCUT2D eigenvalue weighted by Gasteiger charge is 2.52. The van der Waals surface area contributed by atoms with E-state index in [-0.39, 0.29) is 33.2 Å². The highest BCUT2D eigenvalue weighted by molar-refractivity contribution is 7.78. The van der Waals surface area contributed by atoms with E-state index in [1.165, 1.54) is 44.1 Å². The second-order valence-corrected chi connectivity index (χ2v) is 45.0. The Balaban J connectivity index is 0.000000417. The lowest BCUT2D eigenvalue weighted by molar-refractivity contribution is -0.130. The molecule has 3 aliphatic rings. The Morgan fingerprint density at radius 1 is 0.721 bits per heavy atom. The number of allylic oxidation sites excluding steroid dienone is 1. The van der Waals surface area contributed by atoms with E-state index in [1.807, 2.05) is 60.7 Å². The van der Waals surface area contributed by atoms with E-state index in [0.29, 0.717) is 28.7 Å². The summed E-state index contributed by atoms with van der Waals surface area (Å²) >= 11 is 0. The predicted molar refractivity (Wildman–Crippen MR) is 303 cm³/mol. The number of carbonyl (C=O) groups excluding carboxylic acids is 1. The van der Waals surface area contributed by atoms with Crippen LogP contribution in [0.25, 0.3) is 0 Å². The summed E-state index contributed by atoms with van der Waals surface area (Å²) in [7, 11) is -9.03. The zero-order valence-electron chi connectivity index (χ0n) is 47.5. The van der Waals surface area contributed by atoms with Crippen molar-refractivity contribution in [2.45, 2.75) is 234 Å². The van der Waals surface area contributed by atoms with Gasteiger partial charge in [0.1, 0.15) is 12.9 Å². The van der Waals surface area contributed by atoms with Gasteiger partial charge in [0.05, 0.1) is 12.2 Å². The van der Waals surface area contributed by atoms with Crippen LogP contribution >= 0.6 is 7.14 Å². The van der Waals surface area contributed by atoms with Gasteiger partial charge in [-0.25, -0.2) is 0 Å². The molecule has 3 aliphatic carbocycles. The Labute approximate surface area is 422 Å². The molecule has 0 aliphatic heterocycles. The second-order valence-electron chi connectivity index (χ2n) is 27.8. The Kier molecular flexibility index (Phi) is 19.8. The average molecular weight is 1010 g/mol. The number of hydrogen-bond acceptors (Lipinski definition) is 5. The first-order valence-electron chi connectivity index (χ1n) is 27.0. The predicted octanol–water partition coefficient (Wildman–Crippen LogP) is 17.2. The van der Waals surface area contributed by atoms with Gasteiger partial charge in [0, 0.05) is 41.6 Å². The summed E-state index contributed by atoms with van der Waals surface area (Å²) < 4.78 is 36.6. The van der Waals surface area contributed by atoms with E-state index in [4.69, 9.17) is 13.3 Å². The van der Waals surface area contributed by atoms with Crippen molar-refractivity contribution < 1.29 is 22.6 Å². The average Bonchev–Trinajstić information content (AvgIpc) is 3.58. The van der Waals surface area contributed by atoms with Crippen LogP contribution in [0.1, 0.15) is 168 Å². The maximum atomic E-state index is 15.0. The number of hydrogen-bond donors (Lipinski definition) is 0. The molecule has 0 radical (unpaired) electrons. The maximum Gasteiger partial charge on any atom is 0.192 e. The molecule has 0 spiro atoms. The molecule has 2 aromatic rings. The first-order valence-corrected chi connectivity index (χ1v) is 37.6. The summed E-state index contributed by atoms with van der Waals surface area (Å²) in [4.78, 5) is 12.2. The Morgan fingerprint density at radius 2 is 1.19 bits per heavy atom. The van der Waals surface area contributed by atoms with Gasteiger partial charge in [-0.15, -0.1) is 0 Å². The molecule has 9 heteroatoms. The quantitative estimate of drug-likeness (QED) is 0.0952. The zero-order valence-corrected chi connectivity index (χ0v) is 51.4.